The van der Waals surface area contributed by atoms with Crippen LogP contribution in [0.3, 0.4) is 0 Å². The second-order valence-corrected chi connectivity index (χ2v) is 7.37. The highest BCUT2D eigenvalue weighted by Gasteiger charge is 2.27. The Morgan fingerprint density at radius 1 is 1.07 bits per heavy atom. The van der Waals surface area contributed by atoms with Crippen molar-refractivity contribution in [3.8, 4) is 5.75 Å². The van der Waals surface area contributed by atoms with Gasteiger partial charge in [0.2, 0.25) is 5.91 Å². The Kier molecular flexibility index (Phi) is 7.14. The molecule has 0 aliphatic heterocycles. The average Bonchev–Trinajstić information content (AvgIpc) is 2.67. The first-order chi connectivity index (χ1) is 12.9. The van der Waals surface area contributed by atoms with Gasteiger partial charge in [-0.05, 0) is 48.5 Å². The van der Waals surface area contributed by atoms with E-state index in [1.54, 1.807) is 0 Å². The van der Waals surface area contributed by atoms with Gasteiger partial charge in [0.1, 0.15) is 18.1 Å². The number of sulfonamides is 1. The molecule has 2 aromatic carbocycles. The van der Waals surface area contributed by atoms with E-state index in [1.807, 2.05) is 0 Å². The SMILES string of the molecule is COCCNC(=O)CN(c1ccc(F)cc1)S(=O)(=O)c1ccc(OC)cc1. The molecule has 146 valence electrons. The number of hydrogen-bond donors (Lipinski definition) is 1. The second-order valence-electron chi connectivity index (χ2n) is 5.51. The van der Waals surface area contributed by atoms with Crippen LogP contribution in [-0.4, -0.2) is 48.2 Å². The first-order valence-corrected chi connectivity index (χ1v) is 9.50. The fourth-order valence-electron chi connectivity index (χ4n) is 2.28. The summed E-state index contributed by atoms with van der Waals surface area (Å²) in [7, 11) is -1.09. The Morgan fingerprint density at radius 3 is 2.26 bits per heavy atom. The number of halogens is 1. The minimum Gasteiger partial charge on any atom is -0.497 e. The number of methoxy groups -OCH3 is 2. The molecule has 7 nitrogen and oxygen atoms in total. The van der Waals surface area contributed by atoms with E-state index in [9.17, 15) is 17.6 Å². The first-order valence-electron chi connectivity index (χ1n) is 8.06. The fourth-order valence-corrected chi connectivity index (χ4v) is 3.70. The Bertz CT molecular complexity index is 854. The van der Waals surface area contributed by atoms with Crippen LogP contribution < -0.4 is 14.4 Å². The van der Waals surface area contributed by atoms with E-state index < -0.39 is 28.3 Å². The lowest BCUT2D eigenvalue weighted by molar-refractivity contribution is -0.119. The molecule has 0 saturated heterocycles. The van der Waals surface area contributed by atoms with Crippen LogP contribution in [0.5, 0.6) is 5.75 Å². The number of hydrogen-bond acceptors (Lipinski definition) is 5. The summed E-state index contributed by atoms with van der Waals surface area (Å²) in [6, 6.07) is 10.7. The summed E-state index contributed by atoms with van der Waals surface area (Å²) in [5.74, 6) is -0.516. The van der Waals surface area contributed by atoms with Crippen LogP contribution in [0, 0.1) is 5.82 Å². The van der Waals surface area contributed by atoms with Gasteiger partial charge in [-0.1, -0.05) is 0 Å². The fraction of sp³-hybridized carbons (Fsp3) is 0.278. The summed E-state index contributed by atoms with van der Waals surface area (Å²) >= 11 is 0. The van der Waals surface area contributed by atoms with Crippen molar-refractivity contribution < 1.29 is 27.1 Å². The van der Waals surface area contributed by atoms with E-state index in [-0.39, 0.29) is 17.1 Å². The normalized spacial score (nSPS) is 11.1. The molecule has 0 aliphatic carbocycles. The molecular formula is C18H21FN2O5S. The number of anilines is 1. The Labute approximate surface area is 157 Å². The quantitative estimate of drug-likeness (QED) is 0.654. The topological polar surface area (TPSA) is 84.9 Å². The molecule has 0 heterocycles. The standard InChI is InChI=1S/C18H21FN2O5S/c1-25-12-11-20-18(22)13-21(15-5-3-14(19)4-6-15)27(23,24)17-9-7-16(26-2)8-10-17/h3-10H,11-13H2,1-2H3,(H,20,22). The van der Waals surface area contributed by atoms with Crippen LogP contribution in [0.1, 0.15) is 0 Å². The van der Waals surface area contributed by atoms with Gasteiger partial charge in [-0.15, -0.1) is 0 Å². The number of amides is 1. The van der Waals surface area contributed by atoms with Gasteiger partial charge in [0.05, 0.1) is 24.3 Å². The molecule has 0 aromatic heterocycles. The predicted octanol–water partition coefficient (Wildman–Crippen LogP) is 1.79. The Balaban J connectivity index is 2.34. The van der Waals surface area contributed by atoms with Crippen molar-refractivity contribution >= 4 is 21.6 Å². The Hall–Kier alpha value is -2.65. The highest BCUT2D eigenvalue weighted by atomic mass is 32.2. The molecule has 0 bridgehead atoms. The van der Waals surface area contributed by atoms with Gasteiger partial charge in [0.25, 0.3) is 10.0 Å². The van der Waals surface area contributed by atoms with Crippen molar-refractivity contribution in [2.75, 3.05) is 38.2 Å². The summed E-state index contributed by atoms with van der Waals surface area (Å²) in [4.78, 5) is 12.2. The van der Waals surface area contributed by atoms with E-state index >= 15 is 0 Å². The smallest absolute Gasteiger partial charge is 0.264 e. The second kappa shape index (κ2) is 9.33. The molecule has 0 spiro atoms. The molecule has 1 amide bonds. The molecule has 1 N–H and O–H groups in total. The molecule has 9 heteroatoms. The van der Waals surface area contributed by atoms with Crippen LogP contribution >= 0.6 is 0 Å². The van der Waals surface area contributed by atoms with Gasteiger partial charge in [-0.25, -0.2) is 12.8 Å². The van der Waals surface area contributed by atoms with E-state index in [2.05, 4.69) is 5.32 Å². The van der Waals surface area contributed by atoms with Crippen molar-refractivity contribution in [1.82, 2.24) is 5.32 Å². The maximum atomic E-state index is 13.2. The van der Waals surface area contributed by atoms with Crippen molar-refractivity contribution in [2.24, 2.45) is 0 Å². The third-order valence-electron chi connectivity index (χ3n) is 3.68. The zero-order chi connectivity index (χ0) is 19.9. The van der Waals surface area contributed by atoms with Gasteiger partial charge in [-0.2, -0.15) is 0 Å². The maximum Gasteiger partial charge on any atom is 0.264 e. The van der Waals surface area contributed by atoms with Crippen LogP contribution in [0.25, 0.3) is 0 Å². The number of nitrogens with zero attached hydrogens (tertiary/aromatic N) is 1. The number of ether oxygens (including phenoxy) is 2. The Morgan fingerprint density at radius 2 is 1.70 bits per heavy atom. The number of nitrogens with one attached hydrogen (secondary N) is 1. The van der Waals surface area contributed by atoms with Crippen molar-refractivity contribution in [3.05, 3.63) is 54.3 Å². The molecule has 2 aromatic rings. The van der Waals surface area contributed by atoms with E-state index in [1.165, 1.54) is 50.6 Å². The molecule has 0 unspecified atom stereocenters. The number of carbonyl (C=O) groups excluding carboxylic acids is 1. The first kappa shape index (κ1) is 20.7. The van der Waals surface area contributed by atoms with Crippen molar-refractivity contribution in [2.45, 2.75) is 4.90 Å². The van der Waals surface area contributed by atoms with Crippen LogP contribution in [0.4, 0.5) is 10.1 Å². The van der Waals surface area contributed by atoms with E-state index in [0.717, 1.165) is 16.4 Å². The number of benzene rings is 2. The maximum absolute atomic E-state index is 13.2. The van der Waals surface area contributed by atoms with E-state index in [0.29, 0.717) is 12.4 Å². The average molecular weight is 396 g/mol. The van der Waals surface area contributed by atoms with Crippen molar-refractivity contribution in [1.29, 1.82) is 0 Å². The predicted molar refractivity (Wildman–Crippen MR) is 98.8 cm³/mol. The molecule has 0 aliphatic rings. The van der Waals surface area contributed by atoms with Crippen LogP contribution in [0.15, 0.2) is 53.4 Å². The van der Waals surface area contributed by atoms with Gasteiger partial charge in [0, 0.05) is 13.7 Å². The monoisotopic (exact) mass is 396 g/mol. The van der Waals surface area contributed by atoms with Crippen molar-refractivity contribution in [3.63, 3.8) is 0 Å². The molecule has 0 radical (unpaired) electrons. The zero-order valence-electron chi connectivity index (χ0n) is 15.0. The number of carbonyl (C=O) groups is 1. The van der Waals surface area contributed by atoms with Gasteiger partial charge in [-0.3, -0.25) is 9.10 Å². The van der Waals surface area contributed by atoms with Gasteiger partial charge >= 0.3 is 0 Å². The van der Waals surface area contributed by atoms with Gasteiger partial charge in [0.15, 0.2) is 0 Å². The lowest BCUT2D eigenvalue weighted by Crippen LogP contribution is -2.41. The summed E-state index contributed by atoms with van der Waals surface area (Å²) < 4.78 is 50.2. The summed E-state index contributed by atoms with van der Waals surface area (Å²) in [5.41, 5.74) is 0.175. The lowest BCUT2D eigenvalue weighted by Gasteiger charge is -2.24. The third kappa shape index (κ3) is 5.41. The molecular weight excluding hydrogens is 375 g/mol. The highest BCUT2D eigenvalue weighted by molar-refractivity contribution is 7.92. The minimum absolute atomic E-state index is 0.0164. The minimum atomic E-state index is -4.05. The summed E-state index contributed by atoms with van der Waals surface area (Å²) in [6.45, 7) is 0.0897. The third-order valence-corrected chi connectivity index (χ3v) is 5.47. The molecule has 0 atom stereocenters. The number of rotatable bonds is 9. The van der Waals surface area contributed by atoms with Crippen LogP contribution in [-0.2, 0) is 19.6 Å². The molecule has 0 saturated carbocycles. The largest absolute Gasteiger partial charge is 0.497 e. The summed E-state index contributed by atoms with van der Waals surface area (Å²) in [5, 5.41) is 2.57. The molecule has 27 heavy (non-hydrogen) atoms. The zero-order valence-corrected chi connectivity index (χ0v) is 15.8. The molecule has 0 fully saturated rings. The highest BCUT2D eigenvalue weighted by Crippen LogP contribution is 2.25. The summed E-state index contributed by atoms with van der Waals surface area (Å²) in [6.07, 6.45) is 0. The van der Waals surface area contributed by atoms with Crippen LogP contribution in [0.2, 0.25) is 0 Å². The lowest BCUT2D eigenvalue weighted by atomic mass is 10.3. The van der Waals surface area contributed by atoms with E-state index in [4.69, 9.17) is 9.47 Å². The molecule has 2 rings (SSSR count). The van der Waals surface area contributed by atoms with Gasteiger partial charge < -0.3 is 14.8 Å².